The fraction of sp³-hybridized carbons (Fsp3) is 0.320. The van der Waals surface area contributed by atoms with Gasteiger partial charge in [-0.15, -0.1) is 0 Å². The lowest BCUT2D eigenvalue weighted by atomic mass is 9.93. The molecule has 0 amide bonds. The molecule has 2 aromatic carbocycles. The van der Waals surface area contributed by atoms with E-state index in [-0.39, 0.29) is 18.2 Å². The van der Waals surface area contributed by atoms with E-state index in [4.69, 9.17) is 40.0 Å². The summed E-state index contributed by atoms with van der Waals surface area (Å²) in [4.78, 5) is 12.9. The van der Waals surface area contributed by atoms with Gasteiger partial charge in [0.1, 0.15) is 12.5 Å². The van der Waals surface area contributed by atoms with Crippen molar-refractivity contribution >= 4 is 17.6 Å². The Bertz CT molecular complexity index is 1080. The van der Waals surface area contributed by atoms with Crippen LogP contribution in [0.25, 0.3) is 0 Å². The molecule has 0 aromatic heterocycles. The lowest BCUT2D eigenvalue weighted by Gasteiger charge is -2.32. The summed E-state index contributed by atoms with van der Waals surface area (Å²) in [7, 11) is 6.12. The van der Waals surface area contributed by atoms with Crippen LogP contribution in [0.15, 0.2) is 59.7 Å². The molecule has 2 aromatic rings. The normalized spacial score (nSPS) is 19.2. The molecular weight excluding hydrogens is 464 g/mol. The highest BCUT2D eigenvalue weighted by atomic mass is 35.5. The van der Waals surface area contributed by atoms with E-state index in [1.54, 1.807) is 36.4 Å². The third kappa shape index (κ3) is 5.83. The van der Waals surface area contributed by atoms with Crippen LogP contribution >= 0.6 is 11.6 Å². The van der Waals surface area contributed by atoms with Crippen LogP contribution in [-0.2, 0) is 27.5 Å². The molecule has 2 atom stereocenters. The van der Waals surface area contributed by atoms with E-state index < -0.39 is 17.7 Å². The van der Waals surface area contributed by atoms with Crippen molar-refractivity contribution in [3.05, 3.63) is 70.8 Å². The average Bonchev–Trinajstić information content (AvgIpc) is 2.87. The predicted molar refractivity (Wildman–Crippen MR) is 125 cm³/mol. The Labute approximate surface area is 203 Å². The number of carbonyl (C=O) groups is 1. The first-order valence-electron chi connectivity index (χ1n) is 10.3. The summed E-state index contributed by atoms with van der Waals surface area (Å²) in [6, 6.07) is 10.4. The molecule has 0 spiro atoms. The molecule has 2 unspecified atom stereocenters. The Morgan fingerprint density at radius 3 is 1.94 bits per heavy atom. The quantitative estimate of drug-likeness (QED) is 0.395. The first-order chi connectivity index (χ1) is 16.3. The highest BCUT2D eigenvalue weighted by Gasteiger charge is 2.42. The second kappa shape index (κ2) is 11.3. The number of methoxy groups -OCH3 is 4. The average molecular weight is 491 g/mol. The summed E-state index contributed by atoms with van der Waals surface area (Å²) in [5, 5.41) is 11.4. The number of carbonyl (C=O) groups excluding carboxylic acids is 1. The zero-order chi connectivity index (χ0) is 24.7. The zero-order valence-electron chi connectivity index (χ0n) is 19.4. The lowest BCUT2D eigenvalue weighted by molar-refractivity contribution is -0.211. The minimum atomic E-state index is -1.96. The zero-order valence-corrected chi connectivity index (χ0v) is 20.1. The van der Waals surface area contributed by atoms with Gasteiger partial charge in [0.25, 0.3) is 0 Å². The highest BCUT2D eigenvalue weighted by molar-refractivity contribution is 6.31. The molecule has 3 rings (SSSR count). The van der Waals surface area contributed by atoms with Crippen LogP contribution < -0.4 is 18.9 Å². The summed E-state index contributed by atoms with van der Waals surface area (Å²) in [5.41, 5.74) is 1.39. The Morgan fingerprint density at radius 2 is 1.41 bits per heavy atom. The molecule has 0 heterocycles. The van der Waals surface area contributed by atoms with E-state index in [1.807, 2.05) is 0 Å². The van der Waals surface area contributed by atoms with Crippen molar-refractivity contribution < 1.29 is 38.3 Å². The van der Waals surface area contributed by atoms with Gasteiger partial charge in [-0.3, -0.25) is 4.79 Å². The van der Waals surface area contributed by atoms with E-state index in [2.05, 4.69) is 0 Å². The standard InChI is InChI=1S/C25H27ClO8/c1-29-20-7-5-16(11-22(20)31-3)14-33-24(27)19-13-18(26)9-10-25(19,28)34-15-17-6-8-21(30-2)23(12-17)32-4/h5-13,19,28H,14-15H2,1-4H3. The third-order valence-corrected chi connectivity index (χ3v) is 5.51. The van der Waals surface area contributed by atoms with Gasteiger partial charge in [-0.1, -0.05) is 23.7 Å². The number of allylic oxidation sites excluding steroid dienone is 2. The van der Waals surface area contributed by atoms with Crippen LogP contribution in [0.2, 0.25) is 0 Å². The number of rotatable bonds is 10. The van der Waals surface area contributed by atoms with Crippen LogP contribution in [0.3, 0.4) is 0 Å². The van der Waals surface area contributed by atoms with Crippen molar-refractivity contribution in [1.29, 1.82) is 0 Å². The van der Waals surface area contributed by atoms with Crippen molar-refractivity contribution in [2.75, 3.05) is 28.4 Å². The summed E-state index contributed by atoms with van der Waals surface area (Å²) in [5.74, 6) is -1.69. The van der Waals surface area contributed by atoms with E-state index in [1.165, 1.54) is 46.7 Å². The maximum Gasteiger partial charge on any atom is 0.319 e. The molecule has 0 bridgehead atoms. The van der Waals surface area contributed by atoms with Crippen LogP contribution in [0, 0.1) is 5.92 Å². The van der Waals surface area contributed by atoms with E-state index in [0.717, 1.165) is 0 Å². The van der Waals surface area contributed by atoms with Gasteiger partial charge in [-0.05, 0) is 53.6 Å². The van der Waals surface area contributed by atoms with Crippen molar-refractivity contribution in [2.24, 2.45) is 5.92 Å². The number of halogens is 1. The maximum atomic E-state index is 12.9. The van der Waals surface area contributed by atoms with Gasteiger partial charge < -0.3 is 33.5 Å². The smallest absolute Gasteiger partial charge is 0.319 e. The van der Waals surface area contributed by atoms with E-state index in [9.17, 15) is 9.90 Å². The predicted octanol–water partition coefficient (Wildman–Crippen LogP) is 3.98. The van der Waals surface area contributed by atoms with Gasteiger partial charge in [-0.2, -0.15) is 0 Å². The summed E-state index contributed by atoms with van der Waals surface area (Å²) >= 11 is 6.10. The summed E-state index contributed by atoms with van der Waals surface area (Å²) in [6.07, 6.45) is 4.19. The van der Waals surface area contributed by atoms with Crippen LogP contribution in [0.4, 0.5) is 0 Å². The molecular formula is C25H27ClO8. The molecule has 1 aliphatic carbocycles. The maximum absolute atomic E-state index is 12.9. The van der Waals surface area contributed by atoms with Crippen molar-refractivity contribution in [3.63, 3.8) is 0 Å². The molecule has 0 fully saturated rings. The molecule has 34 heavy (non-hydrogen) atoms. The molecule has 1 aliphatic rings. The largest absolute Gasteiger partial charge is 0.493 e. The summed E-state index contributed by atoms with van der Waals surface area (Å²) < 4.78 is 32.2. The topological polar surface area (TPSA) is 92.7 Å². The molecule has 0 radical (unpaired) electrons. The SMILES string of the molecule is COc1ccc(COC(=O)C2C=C(Cl)C=CC2(O)OCc2ccc(OC)c(OC)c2)cc1OC. The highest BCUT2D eigenvalue weighted by Crippen LogP contribution is 2.34. The first-order valence-corrected chi connectivity index (χ1v) is 10.7. The number of hydrogen-bond donors (Lipinski definition) is 1. The Morgan fingerprint density at radius 1 is 0.882 bits per heavy atom. The Hall–Kier alpha value is -3.20. The number of aliphatic hydroxyl groups is 1. The molecule has 0 saturated carbocycles. The number of hydrogen-bond acceptors (Lipinski definition) is 8. The second-order valence-corrected chi connectivity index (χ2v) is 7.83. The fourth-order valence-electron chi connectivity index (χ4n) is 3.40. The van der Waals surface area contributed by atoms with Gasteiger partial charge in [0.05, 0.1) is 35.0 Å². The Balaban J connectivity index is 1.71. The molecule has 182 valence electrons. The van der Waals surface area contributed by atoms with Crippen LogP contribution in [0.5, 0.6) is 23.0 Å². The Kier molecular flexibility index (Phi) is 8.44. The van der Waals surface area contributed by atoms with Crippen molar-refractivity contribution in [1.82, 2.24) is 0 Å². The number of benzene rings is 2. The van der Waals surface area contributed by atoms with Crippen molar-refractivity contribution in [3.8, 4) is 23.0 Å². The monoisotopic (exact) mass is 490 g/mol. The minimum Gasteiger partial charge on any atom is -0.493 e. The second-order valence-electron chi connectivity index (χ2n) is 7.39. The fourth-order valence-corrected chi connectivity index (χ4v) is 3.58. The van der Waals surface area contributed by atoms with Gasteiger partial charge in [0.2, 0.25) is 5.79 Å². The van der Waals surface area contributed by atoms with Crippen LogP contribution in [0.1, 0.15) is 11.1 Å². The third-order valence-electron chi connectivity index (χ3n) is 5.25. The van der Waals surface area contributed by atoms with Crippen LogP contribution in [-0.4, -0.2) is 45.3 Å². The first kappa shape index (κ1) is 25.4. The van der Waals surface area contributed by atoms with Gasteiger partial charge in [0, 0.05) is 5.03 Å². The molecule has 0 saturated heterocycles. The lowest BCUT2D eigenvalue weighted by Crippen LogP contribution is -2.44. The summed E-state index contributed by atoms with van der Waals surface area (Å²) in [6.45, 7) is -0.0528. The van der Waals surface area contributed by atoms with Gasteiger partial charge in [0.15, 0.2) is 23.0 Å². The van der Waals surface area contributed by atoms with Crippen molar-refractivity contribution in [2.45, 2.75) is 19.0 Å². The van der Waals surface area contributed by atoms with E-state index in [0.29, 0.717) is 34.1 Å². The number of ether oxygens (including phenoxy) is 6. The molecule has 0 aliphatic heterocycles. The van der Waals surface area contributed by atoms with Gasteiger partial charge in [-0.25, -0.2) is 0 Å². The molecule has 9 heteroatoms. The van der Waals surface area contributed by atoms with E-state index >= 15 is 0 Å². The number of esters is 1. The molecule has 8 nitrogen and oxygen atoms in total. The van der Waals surface area contributed by atoms with Gasteiger partial charge >= 0.3 is 5.97 Å². The molecule has 1 N–H and O–H groups in total. The minimum absolute atomic E-state index is 0.00783.